The van der Waals surface area contributed by atoms with Gasteiger partial charge in [0.15, 0.2) is 0 Å². The van der Waals surface area contributed by atoms with Crippen molar-refractivity contribution in [2.45, 2.75) is 38.5 Å². The first kappa shape index (κ1) is 20.9. The molecule has 0 unspecified atom stereocenters. The van der Waals surface area contributed by atoms with E-state index in [1.54, 1.807) is 36.2 Å². The van der Waals surface area contributed by atoms with E-state index in [1.165, 1.54) is 4.31 Å². The predicted molar refractivity (Wildman–Crippen MR) is 103 cm³/mol. The van der Waals surface area contributed by atoms with E-state index in [-0.39, 0.29) is 17.2 Å². The van der Waals surface area contributed by atoms with Crippen molar-refractivity contribution in [3.05, 3.63) is 29.8 Å². The number of nitrogens with zero attached hydrogens (tertiary/aromatic N) is 2. The summed E-state index contributed by atoms with van der Waals surface area (Å²) in [5.74, 6) is -0.0445. The highest BCUT2D eigenvalue weighted by atomic mass is 32.2. The summed E-state index contributed by atoms with van der Waals surface area (Å²) in [6.45, 7) is 7.86. The van der Waals surface area contributed by atoms with Gasteiger partial charge in [-0.25, -0.2) is 8.42 Å². The molecule has 0 atom stereocenters. The number of benzene rings is 1. The van der Waals surface area contributed by atoms with Gasteiger partial charge in [0.05, 0.1) is 4.90 Å². The normalized spacial score (nSPS) is 17.3. The Morgan fingerprint density at radius 1 is 1.23 bits per heavy atom. The number of piperidine rings is 1. The van der Waals surface area contributed by atoms with Crippen molar-refractivity contribution in [3.8, 4) is 0 Å². The highest BCUT2D eigenvalue weighted by molar-refractivity contribution is 7.89. The SMILES string of the molecule is Cc1ccc(S(=O)(=O)N2CCC(C(=O)N(C)CC(C)(C)CN)CC2)cc1. The molecule has 2 N–H and O–H groups in total. The first-order chi connectivity index (χ1) is 12.1. The smallest absolute Gasteiger partial charge is 0.243 e. The molecule has 0 bridgehead atoms. The molecule has 1 heterocycles. The molecule has 26 heavy (non-hydrogen) atoms. The van der Waals surface area contributed by atoms with Gasteiger partial charge < -0.3 is 10.6 Å². The van der Waals surface area contributed by atoms with Gasteiger partial charge in [-0.2, -0.15) is 4.31 Å². The number of sulfonamides is 1. The van der Waals surface area contributed by atoms with Crippen molar-refractivity contribution >= 4 is 15.9 Å². The van der Waals surface area contributed by atoms with Crippen molar-refractivity contribution in [1.82, 2.24) is 9.21 Å². The number of carbonyl (C=O) groups excluding carboxylic acids is 1. The third-order valence-electron chi connectivity index (χ3n) is 5.06. The minimum Gasteiger partial charge on any atom is -0.345 e. The van der Waals surface area contributed by atoms with E-state index in [0.717, 1.165) is 5.56 Å². The first-order valence-electron chi connectivity index (χ1n) is 9.09. The van der Waals surface area contributed by atoms with Crippen LogP contribution in [0.25, 0.3) is 0 Å². The zero-order chi connectivity index (χ0) is 19.5. The number of rotatable bonds is 6. The lowest BCUT2D eigenvalue weighted by Crippen LogP contribution is -2.46. The van der Waals surface area contributed by atoms with Gasteiger partial charge in [0.25, 0.3) is 0 Å². The van der Waals surface area contributed by atoms with Crippen LogP contribution in [-0.2, 0) is 14.8 Å². The quantitative estimate of drug-likeness (QED) is 0.815. The molecule has 1 aliphatic rings. The fourth-order valence-electron chi connectivity index (χ4n) is 3.30. The second-order valence-electron chi connectivity index (χ2n) is 8.05. The van der Waals surface area contributed by atoms with E-state index in [9.17, 15) is 13.2 Å². The van der Waals surface area contributed by atoms with Crippen molar-refractivity contribution in [2.75, 3.05) is 33.2 Å². The molecule has 6 nitrogen and oxygen atoms in total. The summed E-state index contributed by atoms with van der Waals surface area (Å²) in [4.78, 5) is 14.7. The van der Waals surface area contributed by atoms with Gasteiger partial charge in [-0.15, -0.1) is 0 Å². The number of aryl methyl sites for hydroxylation is 1. The van der Waals surface area contributed by atoms with Crippen LogP contribution in [0.3, 0.4) is 0 Å². The Bertz CT molecular complexity index is 721. The third-order valence-corrected chi connectivity index (χ3v) is 6.97. The molecule has 7 heteroatoms. The van der Waals surface area contributed by atoms with Crippen molar-refractivity contribution in [1.29, 1.82) is 0 Å². The number of amides is 1. The van der Waals surface area contributed by atoms with Crippen LogP contribution in [0.1, 0.15) is 32.3 Å². The highest BCUT2D eigenvalue weighted by Crippen LogP contribution is 2.26. The van der Waals surface area contributed by atoms with Crippen LogP contribution < -0.4 is 5.73 Å². The molecule has 0 aromatic heterocycles. The Hall–Kier alpha value is -1.44. The maximum Gasteiger partial charge on any atom is 0.243 e. The Labute approximate surface area is 157 Å². The van der Waals surface area contributed by atoms with Crippen LogP contribution in [0.4, 0.5) is 0 Å². The van der Waals surface area contributed by atoms with Gasteiger partial charge in [0, 0.05) is 32.6 Å². The van der Waals surface area contributed by atoms with E-state index < -0.39 is 10.0 Å². The maximum atomic E-state index is 12.8. The van der Waals surface area contributed by atoms with Crippen LogP contribution in [-0.4, -0.2) is 56.8 Å². The van der Waals surface area contributed by atoms with Gasteiger partial charge >= 0.3 is 0 Å². The minimum absolute atomic E-state index is 0.0823. The van der Waals surface area contributed by atoms with Crippen molar-refractivity contribution in [2.24, 2.45) is 17.1 Å². The lowest BCUT2D eigenvalue weighted by molar-refractivity contribution is -0.136. The minimum atomic E-state index is -3.49. The average molecular weight is 382 g/mol. The summed E-state index contributed by atoms with van der Waals surface area (Å²) in [7, 11) is -1.69. The molecule has 0 aliphatic carbocycles. The van der Waals surface area contributed by atoms with Gasteiger partial charge in [-0.3, -0.25) is 4.79 Å². The summed E-state index contributed by atoms with van der Waals surface area (Å²) in [6, 6.07) is 6.89. The van der Waals surface area contributed by atoms with Crippen LogP contribution in [0.2, 0.25) is 0 Å². The molecule has 1 fully saturated rings. The fraction of sp³-hybridized carbons (Fsp3) is 0.632. The lowest BCUT2D eigenvalue weighted by atomic mass is 9.91. The van der Waals surface area contributed by atoms with Crippen molar-refractivity contribution in [3.63, 3.8) is 0 Å². The topological polar surface area (TPSA) is 83.7 Å². The summed E-state index contributed by atoms with van der Waals surface area (Å²) >= 11 is 0. The van der Waals surface area contributed by atoms with Crippen LogP contribution in [0, 0.1) is 18.3 Å². The highest BCUT2D eigenvalue weighted by Gasteiger charge is 2.34. The van der Waals surface area contributed by atoms with E-state index >= 15 is 0 Å². The molecule has 1 amide bonds. The largest absolute Gasteiger partial charge is 0.345 e. The van der Waals surface area contributed by atoms with Crippen LogP contribution in [0.15, 0.2) is 29.2 Å². The molecule has 1 aromatic rings. The Kier molecular flexibility index (Phi) is 6.47. The van der Waals surface area contributed by atoms with Crippen LogP contribution in [0.5, 0.6) is 0 Å². The van der Waals surface area contributed by atoms with E-state index in [1.807, 2.05) is 20.8 Å². The summed E-state index contributed by atoms with van der Waals surface area (Å²) in [5.41, 5.74) is 6.65. The molecule has 1 aliphatic heterocycles. The summed E-state index contributed by atoms with van der Waals surface area (Å²) in [6.07, 6.45) is 1.11. The van der Waals surface area contributed by atoms with E-state index in [4.69, 9.17) is 5.73 Å². The van der Waals surface area contributed by atoms with Crippen LogP contribution >= 0.6 is 0 Å². The molecule has 0 spiro atoms. The molecule has 146 valence electrons. The molecule has 1 aromatic carbocycles. The third kappa shape index (κ3) is 4.84. The number of carbonyl (C=O) groups is 1. The second-order valence-corrected chi connectivity index (χ2v) is 9.99. The maximum absolute atomic E-state index is 12.8. The van der Waals surface area contributed by atoms with Gasteiger partial charge in [-0.05, 0) is 43.9 Å². The Balaban J connectivity index is 1.98. The molecule has 2 rings (SSSR count). The monoisotopic (exact) mass is 381 g/mol. The average Bonchev–Trinajstić information content (AvgIpc) is 2.61. The molecular weight excluding hydrogens is 350 g/mol. The Morgan fingerprint density at radius 2 is 1.77 bits per heavy atom. The van der Waals surface area contributed by atoms with Gasteiger partial charge in [-0.1, -0.05) is 31.5 Å². The van der Waals surface area contributed by atoms with E-state index in [2.05, 4.69) is 0 Å². The lowest BCUT2D eigenvalue weighted by Gasteiger charge is -2.35. The van der Waals surface area contributed by atoms with Crippen molar-refractivity contribution < 1.29 is 13.2 Å². The Morgan fingerprint density at radius 3 is 2.27 bits per heavy atom. The number of hydrogen-bond acceptors (Lipinski definition) is 4. The zero-order valence-corrected chi connectivity index (χ0v) is 17.1. The number of nitrogens with two attached hydrogens (primary N) is 1. The number of hydrogen-bond donors (Lipinski definition) is 1. The molecule has 1 saturated heterocycles. The second kappa shape index (κ2) is 8.06. The first-order valence-corrected chi connectivity index (χ1v) is 10.5. The molecular formula is C19H31N3O3S. The standard InChI is InChI=1S/C19H31N3O3S/c1-15-5-7-17(8-6-15)26(24,25)22-11-9-16(10-12-22)18(23)21(4)14-19(2,3)13-20/h5-8,16H,9-14,20H2,1-4H3. The molecule has 0 saturated carbocycles. The summed E-state index contributed by atoms with van der Waals surface area (Å²) in [5, 5.41) is 0. The molecule has 0 radical (unpaired) electrons. The van der Waals surface area contributed by atoms with Gasteiger partial charge in [0.2, 0.25) is 15.9 Å². The fourth-order valence-corrected chi connectivity index (χ4v) is 4.77. The predicted octanol–water partition coefficient (Wildman–Crippen LogP) is 1.84. The van der Waals surface area contributed by atoms with Gasteiger partial charge in [0.1, 0.15) is 0 Å². The van der Waals surface area contributed by atoms with E-state index in [0.29, 0.717) is 43.9 Å². The zero-order valence-electron chi connectivity index (χ0n) is 16.2. The summed E-state index contributed by atoms with van der Waals surface area (Å²) < 4.78 is 27.0.